The third-order valence-corrected chi connectivity index (χ3v) is 9.26. The molecule has 0 aliphatic carbocycles. The monoisotopic (exact) mass is 610 g/mol. The Balaban J connectivity index is 1.10. The molecule has 3 aromatic rings. The molecule has 0 bridgehead atoms. The second kappa shape index (κ2) is 12.8. The summed E-state index contributed by atoms with van der Waals surface area (Å²) in [5.74, 6) is -1.20. The van der Waals surface area contributed by atoms with Crippen molar-refractivity contribution in [3.8, 4) is 0 Å². The van der Waals surface area contributed by atoms with Gasteiger partial charge in [0, 0.05) is 72.9 Å². The van der Waals surface area contributed by atoms with Gasteiger partial charge in [0.1, 0.15) is 0 Å². The van der Waals surface area contributed by atoms with Crippen molar-refractivity contribution >= 4 is 58.4 Å². The van der Waals surface area contributed by atoms with Crippen LogP contribution in [0.3, 0.4) is 0 Å². The number of carbonyl (C=O) groups is 3. The number of halogens is 2. The van der Waals surface area contributed by atoms with E-state index in [1.54, 1.807) is 33.7 Å². The van der Waals surface area contributed by atoms with E-state index in [9.17, 15) is 14.4 Å². The van der Waals surface area contributed by atoms with Crippen molar-refractivity contribution in [3.63, 3.8) is 0 Å². The fraction of sp³-hybridized carbons (Fsp3) is 0.323. The molecule has 0 spiro atoms. The molecule has 5 rings (SSSR count). The maximum atomic E-state index is 13.0. The van der Waals surface area contributed by atoms with Gasteiger partial charge in [0.15, 0.2) is 0 Å². The highest BCUT2D eigenvalue weighted by Crippen LogP contribution is 2.32. The zero-order chi connectivity index (χ0) is 29.1. The van der Waals surface area contributed by atoms with E-state index in [2.05, 4.69) is 61.2 Å². The highest BCUT2D eigenvalue weighted by molar-refractivity contribution is 7.99. The largest absolute Gasteiger partial charge is 0.368 e. The zero-order valence-electron chi connectivity index (χ0n) is 23.1. The third-order valence-electron chi connectivity index (χ3n) is 7.53. The van der Waals surface area contributed by atoms with Crippen molar-refractivity contribution in [1.82, 2.24) is 14.7 Å². The van der Waals surface area contributed by atoms with Crippen LogP contribution in [0.15, 0.2) is 70.5 Å². The molecule has 10 heteroatoms. The summed E-state index contributed by atoms with van der Waals surface area (Å²) in [7, 11) is 0. The van der Waals surface area contributed by atoms with Crippen molar-refractivity contribution in [1.29, 1.82) is 0 Å². The molecule has 0 radical (unpaired) electrons. The van der Waals surface area contributed by atoms with Crippen LogP contribution in [0.4, 0.5) is 5.69 Å². The minimum atomic E-state index is -0.511. The van der Waals surface area contributed by atoms with Gasteiger partial charge < -0.3 is 19.6 Å². The molecule has 0 atom stereocenters. The summed E-state index contributed by atoms with van der Waals surface area (Å²) in [4.78, 5) is 48.4. The van der Waals surface area contributed by atoms with Crippen LogP contribution in [-0.4, -0.2) is 84.8 Å². The van der Waals surface area contributed by atoms with Gasteiger partial charge in [0.25, 0.3) is 5.91 Å². The Kier molecular flexibility index (Phi) is 9.12. The number of benzene rings is 3. The van der Waals surface area contributed by atoms with Crippen LogP contribution in [0.25, 0.3) is 0 Å². The maximum Gasteiger partial charge on any atom is 0.312 e. The van der Waals surface area contributed by atoms with E-state index < -0.39 is 11.8 Å². The lowest BCUT2D eigenvalue weighted by Gasteiger charge is -2.38. The molecule has 2 fully saturated rings. The molecule has 3 amide bonds. The fourth-order valence-electron chi connectivity index (χ4n) is 5.15. The molecular formula is C31H32Cl2N4O3S. The first-order valence-electron chi connectivity index (χ1n) is 13.6. The number of piperazine rings is 2. The smallest absolute Gasteiger partial charge is 0.312 e. The van der Waals surface area contributed by atoms with Crippen LogP contribution in [0.2, 0.25) is 10.0 Å². The molecule has 7 nitrogen and oxygen atoms in total. The van der Waals surface area contributed by atoms with Crippen molar-refractivity contribution in [2.24, 2.45) is 0 Å². The Bertz CT molecular complexity index is 1450. The number of amides is 3. The van der Waals surface area contributed by atoms with Gasteiger partial charge in [0.2, 0.25) is 0 Å². The second-order valence-corrected chi connectivity index (χ2v) is 12.3. The van der Waals surface area contributed by atoms with Crippen LogP contribution in [-0.2, 0) is 9.59 Å². The Hall–Kier alpha value is -3.20. The Labute approximate surface area is 255 Å². The number of hydrogen-bond donors (Lipinski definition) is 0. The lowest BCUT2D eigenvalue weighted by molar-refractivity contribution is -0.152. The predicted molar refractivity (Wildman–Crippen MR) is 164 cm³/mol. The summed E-state index contributed by atoms with van der Waals surface area (Å²) in [5, 5.41) is 0.754. The fourth-order valence-corrected chi connectivity index (χ4v) is 6.52. The first kappa shape index (κ1) is 29.3. The number of aryl methyl sites for hydroxylation is 2. The maximum absolute atomic E-state index is 13.0. The average molecular weight is 612 g/mol. The topological polar surface area (TPSA) is 64.2 Å². The van der Waals surface area contributed by atoms with Gasteiger partial charge in [-0.1, -0.05) is 52.7 Å². The van der Waals surface area contributed by atoms with E-state index >= 15 is 0 Å². The van der Waals surface area contributed by atoms with Crippen LogP contribution in [0.1, 0.15) is 21.5 Å². The van der Waals surface area contributed by atoms with Crippen LogP contribution >= 0.6 is 35.0 Å². The van der Waals surface area contributed by atoms with Crippen LogP contribution in [0, 0.1) is 13.8 Å². The van der Waals surface area contributed by atoms with Gasteiger partial charge in [-0.3, -0.25) is 14.4 Å². The summed E-state index contributed by atoms with van der Waals surface area (Å²) in [6.07, 6.45) is 0. The van der Waals surface area contributed by atoms with Crippen LogP contribution in [0.5, 0.6) is 0 Å². The number of rotatable bonds is 4. The van der Waals surface area contributed by atoms with Gasteiger partial charge in [-0.25, -0.2) is 0 Å². The third kappa shape index (κ3) is 6.83. The van der Waals surface area contributed by atoms with E-state index in [4.69, 9.17) is 23.2 Å². The Morgan fingerprint density at radius 1 is 0.683 bits per heavy atom. The minimum absolute atomic E-state index is 0.210. The van der Waals surface area contributed by atoms with Gasteiger partial charge in [-0.05, 0) is 67.9 Å². The van der Waals surface area contributed by atoms with Gasteiger partial charge in [0.05, 0.1) is 10.6 Å². The summed E-state index contributed by atoms with van der Waals surface area (Å²) in [6.45, 7) is 7.79. The zero-order valence-corrected chi connectivity index (χ0v) is 25.4. The number of carbonyl (C=O) groups excluding carboxylic acids is 3. The Morgan fingerprint density at radius 3 is 1.85 bits per heavy atom. The van der Waals surface area contributed by atoms with E-state index in [1.807, 2.05) is 0 Å². The average Bonchev–Trinajstić information content (AvgIpc) is 2.98. The molecule has 214 valence electrons. The van der Waals surface area contributed by atoms with Gasteiger partial charge in [-0.2, -0.15) is 0 Å². The quantitative estimate of drug-likeness (QED) is 0.370. The summed E-state index contributed by atoms with van der Waals surface area (Å²) in [6, 6.07) is 19.8. The number of hydrogen-bond acceptors (Lipinski definition) is 5. The molecule has 0 aromatic heterocycles. The normalized spacial score (nSPS) is 15.7. The summed E-state index contributed by atoms with van der Waals surface area (Å²) >= 11 is 13.9. The standard InChI is InChI=1S/C31H32Cl2N4O3S/c1-21-3-10-28(22(2)19-21)41-25-7-5-24(6-8-25)34-11-13-36(14-12-34)30(39)31(40)37-17-15-35(16-18-37)29(38)26-9-4-23(32)20-27(26)33/h3-10,19-20H,11-18H2,1-2H3. The molecule has 2 aliphatic heterocycles. The van der Waals surface area contributed by atoms with E-state index in [-0.39, 0.29) is 5.91 Å². The molecule has 2 saturated heterocycles. The first-order chi connectivity index (χ1) is 19.7. The number of nitrogens with zero attached hydrogens (tertiary/aromatic N) is 4. The molecule has 0 N–H and O–H groups in total. The van der Waals surface area contributed by atoms with E-state index in [0.29, 0.717) is 68.0 Å². The lowest BCUT2D eigenvalue weighted by Crippen LogP contribution is -2.57. The summed E-state index contributed by atoms with van der Waals surface area (Å²) < 4.78 is 0. The van der Waals surface area contributed by atoms with E-state index in [1.165, 1.54) is 31.9 Å². The molecule has 41 heavy (non-hydrogen) atoms. The van der Waals surface area contributed by atoms with Gasteiger partial charge in [-0.15, -0.1) is 0 Å². The SMILES string of the molecule is Cc1ccc(Sc2ccc(N3CCN(C(=O)C(=O)N4CCN(C(=O)c5ccc(Cl)cc5Cl)CC4)CC3)cc2)c(C)c1. The predicted octanol–water partition coefficient (Wildman–Crippen LogP) is 5.39. The van der Waals surface area contributed by atoms with Crippen LogP contribution < -0.4 is 4.90 Å². The minimum Gasteiger partial charge on any atom is -0.368 e. The molecule has 0 saturated carbocycles. The number of anilines is 1. The highest BCUT2D eigenvalue weighted by atomic mass is 35.5. The molecule has 2 aliphatic rings. The Morgan fingerprint density at radius 2 is 1.27 bits per heavy atom. The van der Waals surface area contributed by atoms with Crippen molar-refractivity contribution in [2.45, 2.75) is 23.6 Å². The molecule has 0 unspecified atom stereocenters. The molecule has 2 heterocycles. The second-order valence-electron chi connectivity index (χ2n) is 10.4. The highest BCUT2D eigenvalue weighted by Gasteiger charge is 2.33. The summed E-state index contributed by atoms with van der Waals surface area (Å²) in [5.41, 5.74) is 4.01. The van der Waals surface area contributed by atoms with Crippen molar-refractivity contribution in [3.05, 3.63) is 87.4 Å². The first-order valence-corrected chi connectivity index (χ1v) is 15.2. The molecule has 3 aromatic carbocycles. The van der Waals surface area contributed by atoms with Crippen molar-refractivity contribution in [2.75, 3.05) is 57.3 Å². The molecular weight excluding hydrogens is 579 g/mol. The van der Waals surface area contributed by atoms with E-state index in [0.717, 1.165) is 5.69 Å². The lowest BCUT2D eigenvalue weighted by atomic mass is 10.1. The van der Waals surface area contributed by atoms with Gasteiger partial charge >= 0.3 is 11.8 Å². The van der Waals surface area contributed by atoms with Crippen molar-refractivity contribution < 1.29 is 14.4 Å².